The van der Waals surface area contributed by atoms with Crippen LogP contribution in [0.1, 0.15) is 44.0 Å². The number of likely N-dealkylation sites (N-methyl/N-ethyl adjacent to an activating group) is 1. The summed E-state index contributed by atoms with van der Waals surface area (Å²) in [5, 5.41) is 2.92. The van der Waals surface area contributed by atoms with E-state index in [2.05, 4.69) is 29.0 Å². The zero-order chi connectivity index (χ0) is 21.5. The number of aromatic nitrogens is 1. The second-order valence-electron chi connectivity index (χ2n) is 7.81. The number of piperidine rings is 1. The van der Waals surface area contributed by atoms with Crippen LogP contribution in [0.4, 0.5) is 5.82 Å². The minimum atomic E-state index is -0.318. The molecule has 30 heavy (non-hydrogen) atoms. The molecule has 1 aromatic carbocycles. The summed E-state index contributed by atoms with van der Waals surface area (Å²) < 4.78 is 0. The Morgan fingerprint density at radius 3 is 2.53 bits per heavy atom. The highest BCUT2D eigenvalue weighted by Crippen LogP contribution is 2.26. The van der Waals surface area contributed by atoms with Gasteiger partial charge >= 0.3 is 0 Å². The van der Waals surface area contributed by atoms with E-state index in [0.29, 0.717) is 18.9 Å². The molecule has 2 unspecified atom stereocenters. The van der Waals surface area contributed by atoms with Gasteiger partial charge in [-0.1, -0.05) is 50.2 Å². The van der Waals surface area contributed by atoms with Crippen LogP contribution < -0.4 is 5.32 Å². The summed E-state index contributed by atoms with van der Waals surface area (Å²) in [6, 6.07) is 15.2. The fraction of sp³-hybridized carbons (Fsp3) is 0.458. The second-order valence-corrected chi connectivity index (χ2v) is 7.81. The number of likely N-dealkylation sites (tertiary alicyclic amines) is 1. The van der Waals surface area contributed by atoms with E-state index < -0.39 is 0 Å². The van der Waals surface area contributed by atoms with Gasteiger partial charge in [0.1, 0.15) is 11.9 Å². The number of carbonyl (C=O) groups is 2. The molecule has 2 heterocycles. The largest absolute Gasteiger partial charge is 0.340 e. The number of hydrogen-bond acceptors (Lipinski definition) is 4. The van der Waals surface area contributed by atoms with Crippen LogP contribution in [0.15, 0.2) is 48.5 Å². The van der Waals surface area contributed by atoms with Gasteiger partial charge < -0.3 is 10.2 Å². The number of benzene rings is 1. The quantitative estimate of drug-likeness (QED) is 0.759. The molecule has 0 saturated carbocycles. The van der Waals surface area contributed by atoms with Crippen molar-refractivity contribution in [3.8, 4) is 0 Å². The van der Waals surface area contributed by atoms with Gasteiger partial charge in [0.2, 0.25) is 11.8 Å². The molecule has 6 heteroatoms. The van der Waals surface area contributed by atoms with Gasteiger partial charge in [-0.2, -0.15) is 0 Å². The maximum Gasteiger partial charge on any atom is 0.244 e. The molecule has 1 fully saturated rings. The van der Waals surface area contributed by atoms with Crippen molar-refractivity contribution >= 4 is 17.6 Å². The summed E-state index contributed by atoms with van der Waals surface area (Å²) in [5.41, 5.74) is 1.86. The first kappa shape index (κ1) is 22.0. The second kappa shape index (κ2) is 10.3. The van der Waals surface area contributed by atoms with Crippen molar-refractivity contribution in [1.82, 2.24) is 14.8 Å². The molecule has 0 bridgehead atoms. The number of pyridine rings is 1. The van der Waals surface area contributed by atoms with Crippen molar-refractivity contribution in [3.05, 3.63) is 59.8 Å². The van der Waals surface area contributed by atoms with Crippen LogP contribution in [0.25, 0.3) is 0 Å². The van der Waals surface area contributed by atoms with E-state index in [1.807, 2.05) is 54.3 Å². The van der Waals surface area contributed by atoms with Crippen LogP contribution in [0.2, 0.25) is 0 Å². The third-order valence-corrected chi connectivity index (χ3v) is 5.77. The number of carbonyl (C=O) groups excluding carboxylic acids is 2. The molecular formula is C24H32N4O2. The minimum Gasteiger partial charge on any atom is -0.340 e. The average Bonchev–Trinajstić information content (AvgIpc) is 2.77. The van der Waals surface area contributed by atoms with Crippen molar-refractivity contribution in [2.45, 2.75) is 39.7 Å². The molecule has 2 amide bonds. The maximum absolute atomic E-state index is 13.6. The molecule has 1 saturated heterocycles. The molecule has 1 aromatic heterocycles. The number of amides is 2. The summed E-state index contributed by atoms with van der Waals surface area (Å²) >= 11 is 0. The van der Waals surface area contributed by atoms with Gasteiger partial charge in [-0.15, -0.1) is 0 Å². The van der Waals surface area contributed by atoms with Gasteiger partial charge in [-0.25, -0.2) is 4.98 Å². The first-order valence-corrected chi connectivity index (χ1v) is 10.9. The van der Waals surface area contributed by atoms with Crippen LogP contribution in [0, 0.1) is 12.8 Å². The van der Waals surface area contributed by atoms with E-state index in [-0.39, 0.29) is 23.8 Å². The molecule has 0 aliphatic carbocycles. The normalized spacial score (nSPS) is 17.6. The lowest BCUT2D eigenvalue weighted by Crippen LogP contribution is -2.48. The molecule has 6 nitrogen and oxygen atoms in total. The fourth-order valence-corrected chi connectivity index (χ4v) is 4.14. The highest BCUT2D eigenvalue weighted by molar-refractivity contribution is 5.92. The smallest absolute Gasteiger partial charge is 0.244 e. The Labute approximate surface area is 179 Å². The molecule has 2 atom stereocenters. The number of nitrogens with zero attached hydrogens (tertiary/aromatic N) is 3. The number of nitrogens with one attached hydrogen (secondary N) is 1. The molecule has 3 rings (SSSR count). The molecule has 160 valence electrons. The van der Waals surface area contributed by atoms with E-state index >= 15 is 0 Å². The summed E-state index contributed by atoms with van der Waals surface area (Å²) in [7, 11) is 0. The molecule has 1 N–H and O–H groups in total. The van der Waals surface area contributed by atoms with Gasteiger partial charge in [0.05, 0.1) is 5.92 Å². The SMILES string of the molecule is CCN(CC)C(C(=O)N1CCCC(C(=O)Nc2cccc(C)n2)C1)c1ccccc1. The van der Waals surface area contributed by atoms with Crippen LogP contribution in [-0.4, -0.2) is 52.8 Å². The molecule has 1 aliphatic heterocycles. The molecule has 1 aliphatic rings. The topological polar surface area (TPSA) is 65.5 Å². The summed E-state index contributed by atoms with van der Waals surface area (Å²) in [6.07, 6.45) is 1.60. The Morgan fingerprint density at radius 1 is 1.13 bits per heavy atom. The average molecular weight is 409 g/mol. The zero-order valence-corrected chi connectivity index (χ0v) is 18.2. The van der Waals surface area contributed by atoms with Crippen molar-refractivity contribution in [3.63, 3.8) is 0 Å². The number of hydrogen-bond donors (Lipinski definition) is 1. The molecule has 2 aromatic rings. The van der Waals surface area contributed by atoms with Gasteiger partial charge in [0.25, 0.3) is 0 Å². The van der Waals surface area contributed by atoms with Crippen LogP contribution in [0.5, 0.6) is 0 Å². The van der Waals surface area contributed by atoms with E-state index in [9.17, 15) is 9.59 Å². The van der Waals surface area contributed by atoms with Crippen LogP contribution in [-0.2, 0) is 9.59 Å². The Balaban J connectivity index is 1.73. The summed E-state index contributed by atoms with van der Waals surface area (Å²) in [4.78, 5) is 34.8. The number of rotatable bonds is 7. The Kier molecular flexibility index (Phi) is 7.57. The van der Waals surface area contributed by atoms with Crippen molar-refractivity contribution < 1.29 is 9.59 Å². The minimum absolute atomic E-state index is 0.0651. The molecular weight excluding hydrogens is 376 g/mol. The first-order chi connectivity index (χ1) is 14.5. The van der Waals surface area contributed by atoms with Crippen molar-refractivity contribution in [1.29, 1.82) is 0 Å². The van der Waals surface area contributed by atoms with Crippen LogP contribution in [0.3, 0.4) is 0 Å². The van der Waals surface area contributed by atoms with E-state index in [1.165, 1.54) is 0 Å². The highest BCUT2D eigenvalue weighted by atomic mass is 16.2. The van der Waals surface area contributed by atoms with Gasteiger partial charge in [0, 0.05) is 18.8 Å². The highest BCUT2D eigenvalue weighted by Gasteiger charge is 2.34. The third kappa shape index (κ3) is 5.25. The summed E-state index contributed by atoms with van der Waals surface area (Å²) in [6.45, 7) is 8.77. The van der Waals surface area contributed by atoms with Crippen molar-refractivity contribution in [2.24, 2.45) is 5.92 Å². The Hall–Kier alpha value is -2.73. The molecule has 0 radical (unpaired) electrons. The lowest BCUT2D eigenvalue weighted by Gasteiger charge is -2.37. The van der Waals surface area contributed by atoms with Gasteiger partial charge in [-0.05, 0) is 50.6 Å². The molecule has 0 spiro atoms. The Morgan fingerprint density at radius 2 is 1.87 bits per heavy atom. The monoisotopic (exact) mass is 408 g/mol. The maximum atomic E-state index is 13.6. The lowest BCUT2D eigenvalue weighted by molar-refractivity contribution is -0.140. The van der Waals surface area contributed by atoms with E-state index in [0.717, 1.165) is 37.2 Å². The lowest BCUT2D eigenvalue weighted by atomic mass is 9.95. The predicted octanol–water partition coefficient (Wildman–Crippen LogP) is 3.65. The fourth-order valence-electron chi connectivity index (χ4n) is 4.14. The third-order valence-electron chi connectivity index (χ3n) is 5.77. The predicted molar refractivity (Wildman–Crippen MR) is 119 cm³/mol. The standard InChI is InChI=1S/C24H32N4O2/c1-4-27(5-2)22(19-12-7-6-8-13-19)24(30)28-16-10-14-20(17-28)23(29)26-21-15-9-11-18(3)25-21/h6-9,11-13,15,20,22H,4-5,10,14,16-17H2,1-3H3,(H,25,26,29). The van der Waals surface area contributed by atoms with Crippen LogP contribution >= 0.6 is 0 Å². The zero-order valence-electron chi connectivity index (χ0n) is 18.2. The van der Waals surface area contributed by atoms with Gasteiger partial charge in [-0.3, -0.25) is 14.5 Å². The number of aryl methyl sites for hydroxylation is 1. The Bertz CT molecular complexity index is 851. The van der Waals surface area contributed by atoms with Crippen molar-refractivity contribution in [2.75, 3.05) is 31.5 Å². The summed E-state index contributed by atoms with van der Waals surface area (Å²) in [5.74, 6) is 0.354. The van der Waals surface area contributed by atoms with E-state index in [1.54, 1.807) is 6.07 Å². The van der Waals surface area contributed by atoms with E-state index in [4.69, 9.17) is 0 Å². The van der Waals surface area contributed by atoms with Gasteiger partial charge in [0.15, 0.2) is 0 Å². The number of anilines is 1. The first-order valence-electron chi connectivity index (χ1n) is 10.9.